The van der Waals surface area contributed by atoms with E-state index >= 15 is 0 Å². The Bertz CT molecular complexity index is 1300. The van der Waals surface area contributed by atoms with Gasteiger partial charge in [-0.25, -0.2) is 0 Å². The number of carbonyl (C=O) groups excluding carboxylic acids is 1. The van der Waals surface area contributed by atoms with Crippen LogP contribution in [0.2, 0.25) is 10.0 Å². The van der Waals surface area contributed by atoms with Gasteiger partial charge < -0.3 is 9.47 Å². The van der Waals surface area contributed by atoms with Crippen LogP contribution in [-0.4, -0.2) is 21.7 Å². The van der Waals surface area contributed by atoms with E-state index in [1.54, 1.807) is 17.0 Å². The molecule has 0 N–H and O–H groups in total. The van der Waals surface area contributed by atoms with Crippen molar-refractivity contribution in [3.8, 4) is 11.5 Å². The number of ether oxygens (including phenoxy) is 2. The average Bonchev–Trinajstić information content (AvgIpc) is 3.08. The average molecular weight is 609 g/mol. The fourth-order valence-electron chi connectivity index (χ4n) is 3.42. The number of benzene rings is 3. The first-order valence-corrected chi connectivity index (χ1v) is 13.5. The number of rotatable bonds is 8. The van der Waals surface area contributed by atoms with Gasteiger partial charge in [-0.05, 0) is 64.3 Å². The van der Waals surface area contributed by atoms with Crippen molar-refractivity contribution in [1.29, 1.82) is 0 Å². The molecule has 0 saturated carbocycles. The SMILES string of the molecule is CCOc1cc(/C=C2/SC(=S)N(Cc3ccccc3)C2=O)cc(Br)c1OCc1ccc(Cl)cc1Cl. The molecule has 1 aliphatic heterocycles. The molecule has 0 atom stereocenters. The number of hydrogen-bond donors (Lipinski definition) is 0. The zero-order valence-electron chi connectivity index (χ0n) is 18.6. The molecule has 1 aliphatic rings. The number of thiocarbonyl (C=S) groups is 1. The zero-order chi connectivity index (χ0) is 24.9. The topological polar surface area (TPSA) is 38.8 Å². The van der Waals surface area contributed by atoms with E-state index in [4.69, 9.17) is 44.9 Å². The highest BCUT2D eigenvalue weighted by atomic mass is 79.9. The lowest BCUT2D eigenvalue weighted by atomic mass is 10.1. The van der Waals surface area contributed by atoms with Gasteiger partial charge in [0, 0.05) is 15.6 Å². The standard InChI is InChI=1S/C26H20BrCl2NO3S2/c1-2-32-22-11-17(10-20(27)24(22)33-15-18-8-9-19(28)13-21(18)29)12-23-25(31)30(26(34)35-23)14-16-6-4-3-5-7-16/h3-13H,2,14-15H2,1H3/b23-12+. The van der Waals surface area contributed by atoms with Crippen molar-refractivity contribution in [2.75, 3.05) is 6.61 Å². The molecule has 180 valence electrons. The Hall–Kier alpha value is -2.03. The Labute approximate surface area is 232 Å². The van der Waals surface area contributed by atoms with E-state index in [-0.39, 0.29) is 12.5 Å². The Balaban J connectivity index is 1.56. The first-order valence-electron chi connectivity index (χ1n) is 10.7. The number of hydrogen-bond acceptors (Lipinski definition) is 5. The van der Waals surface area contributed by atoms with Crippen LogP contribution in [0.25, 0.3) is 6.08 Å². The molecule has 0 aliphatic carbocycles. The summed E-state index contributed by atoms with van der Waals surface area (Å²) in [4.78, 5) is 15.2. The van der Waals surface area contributed by atoms with Crippen molar-refractivity contribution in [3.05, 3.63) is 96.8 Å². The van der Waals surface area contributed by atoms with E-state index in [1.807, 2.05) is 61.5 Å². The molecule has 9 heteroatoms. The molecule has 4 nitrogen and oxygen atoms in total. The zero-order valence-corrected chi connectivity index (χ0v) is 23.3. The third-order valence-electron chi connectivity index (χ3n) is 5.07. The fourth-order valence-corrected chi connectivity index (χ4v) is 5.71. The summed E-state index contributed by atoms with van der Waals surface area (Å²) in [5.74, 6) is 0.986. The van der Waals surface area contributed by atoms with Crippen LogP contribution in [0, 0.1) is 0 Å². The second-order valence-electron chi connectivity index (χ2n) is 7.54. The predicted molar refractivity (Wildman–Crippen MR) is 151 cm³/mol. The van der Waals surface area contributed by atoms with Crippen molar-refractivity contribution >= 4 is 79.4 Å². The van der Waals surface area contributed by atoms with Crippen molar-refractivity contribution in [2.45, 2.75) is 20.1 Å². The van der Waals surface area contributed by atoms with E-state index < -0.39 is 0 Å². The van der Waals surface area contributed by atoms with E-state index in [0.717, 1.165) is 16.7 Å². The van der Waals surface area contributed by atoms with E-state index in [1.165, 1.54) is 11.8 Å². The summed E-state index contributed by atoms with van der Waals surface area (Å²) in [5.41, 5.74) is 2.61. The molecule has 1 amide bonds. The smallest absolute Gasteiger partial charge is 0.266 e. The Morgan fingerprint density at radius 2 is 1.86 bits per heavy atom. The second-order valence-corrected chi connectivity index (χ2v) is 10.9. The van der Waals surface area contributed by atoms with Crippen LogP contribution in [0.15, 0.2) is 70.0 Å². The van der Waals surface area contributed by atoms with Crippen molar-refractivity contribution in [3.63, 3.8) is 0 Å². The van der Waals surface area contributed by atoms with Crippen molar-refractivity contribution in [2.24, 2.45) is 0 Å². The van der Waals surface area contributed by atoms with Gasteiger partial charge in [0.25, 0.3) is 5.91 Å². The predicted octanol–water partition coefficient (Wildman–Crippen LogP) is 8.14. The maximum atomic E-state index is 13.1. The van der Waals surface area contributed by atoms with Gasteiger partial charge in [0.2, 0.25) is 0 Å². The lowest BCUT2D eigenvalue weighted by Gasteiger charge is -2.15. The first-order chi connectivity index (χ1) is 16.9. The minimum absolute atomic E-state index is 0.115. The Morgan fingerprint density at radius 3 is 2.57 bits per heavy atom. The van der Waals surface area contributed by atoms with Gasteiger partial charge >= 0.3 is 0 Å². The number of thioether (sulfide) groups is 1. The normalized spacial score (nSPS) is 14.6. The molecule has 0 unspecified atom stereocenters. The summed E-state index contributed by atoms with van der Waals surface area (Å²) in [5, 5.41) is 1.09. The third kappa shape index (κ3) is 6.40. The van der Waals surface area contributed by atoms with E-state index in [0.29, 0.717) is 48.4 Å². The summed E-state index contributed by atoms with van der Waals surface area (Å²) in [6.07, 6.45) is 1.82. The number of carbonyl (C=O) groups is 1. The van der Waals surface area contributed by atoms with Crippen LogP contribution >= 0.6 is 63.1 Å². The largest absolute Gasteiger partial charge is 0.490 e. The quantitative estimate of drug-likeness (QED) is 0.191. The first kappa shape index (κ1) is 26.0. The molecule has 0 aromatic heterocycles. The van der Waals surface area contributed by atoms with Crippen LogP contribution in [0.3, 0.4) is 0 Å². The summed E-state index contributed by atoms with van der Waals surface area (Å²) >= 11 is 22.6. The molecule has 0 radical (unpaired) electrons. The van der Waals surface area contributed by atoms with Crippen LogP contribution < -0.4 is 9.47 Å². The number of amides is 1. The van der Waals surface area contributed by atoms with Gasteiger partial charge in [-0.2, -0.15) is 0 Å². The van der Waals surface area contributed by atoms with Crippen LogP contribution in [0.5, 0.6) is 11.5 Å². The molecule has 1 heterocycles. The minimum Gasteiger partial charge on any atom is -0.490 e. The minimum atomic E-state index is -0.115. The van der Waals surface area contributed by atoms with Crippen molar-refractivity contribution in [1.82, 2.24) is 4.90 Å². The lowest BCUT2D eigenvalue weighted by Crippen LogP contribution is -2.27. The molecule has 4 rings (SSSR count). The summed E-state index contributed by atoms with van der Waals surface area (Å²) in [7, 11) is 0. The highest BCUT2D eigenvalue weighted by Gasteiger charge is 2.32. The maximum Gasteiger partial charge on any atom is 0.266 e. The van der Waals surface area contributed by atoms with Gasteiger partial charge in [-0.15, -0.1) is 0 Å². The molecular formula is C26H20BrCl2NO3S2. The van der Waals surface area contributed by atoms with E-state index in [2.05, 4.69) is 15.9 Å². The molecule has 1 fully saturated rings. The Kier molecular flexibility index (Phi) is 8.78. The second kappa shape index (κ2) is 11.8. The monoisotopic (exact) mass is 607 g/mol. The van der Waals surface area contributed by atoms with Crippen LogP contribution in [0.1, 0.15) is 23.6 Å². The molecule has 0 spiro atoms. The molecule has 1 saturated heterocycles. The van der Waals surface area contributed by atoms with Gasteiger partial charge in [0.1, 0.15) is 10.9 Å². The number of halogens is 3. The number of nitrogens with zero attached hydrogens (tertiary/aromatic N) is 1. The lowest BCUT2D eigenvalue weighted by molar-refractivity contribution is -0.122. The van der Waals surface area contributed by atoms with Crippen molar-refractivity contribution < 1.29 is 14.3 Å². The fraction of sp³-hybridized carbons (Fsp3) is 0.154. The van der Waals surface area contributed by atoms with E-state index in [9.17, 15) is 4.79 Å². The Morgan fingerprint density at radius 1 is 1.09 bits per heavy atom. The maximum absolute atomic E-state index is 13.1. The van der Waals surface area contributed by atoms with Gasteiger partial charge in [0.05, 0.1) is 22.5 Å². The highest BCUT2D eigenvalue weighted by molar-refractivity contribution is 9.10. The molecule has 35 heavy (non-hydrogen) atoms. The molecule has 0 bridgehead atoms. The third-order valence-corrected chi connectivity index (χ3v) is 7.63. The highest BCUT2D eigenvalue weighted by Crippen LogP contribution is 2.40. The molecule has 3 aromatic rings. The van der Waals surface area contributed by atoms with Gasteiger partial charge in [0.15, 0.2) is 11.5 Å². The summed E-state index contributed by atoms with van der Waals surface area (Å²) in [6.45, 7) is 3.03. The van der Waals surface area contributed by atoms with Gasteiger partial charge in [-0.1, -0.05) is 83.6 Å². The summed E-state index contributed by atoms with van der Waals surface area (Å²) in [6, 6.07) is 18.8. The van der Waals surface area contributed by atoms with Crippen LogP contribution in [0.4, 0.5) is 0 Å². The molecule has 3 aromatic carbocycles. The molecular weight excluding hydrogens is 589 g/mol. The van der Waals surface area contributed by atoms with Crippen LogP contribution in [-0.2, 0) is 17.9 Å². The van der Waals surface area contributed by atoms with Gasteiger partial charge in [-0.3, -0.25) is 9.69 Å². The summed E-state index contributed by atoms with van der Waals surface area (Å²) < 4.78 is 13.1.